The Bertz CT molecular complexity index is 595. The first-order chi connectivity index (χ1) is 9.84. The van der Waals surface area contributed by atoms with E-state index in [0.29, 0.717) is 13.2 Å². The first kappa shape index (κ1) is 13.0. The van der Waals surface area contributed by atoms with E-state index in [2.05, 4.69) is 42.6 Å². The maximum atomic E-state index is 5.72. The van der Waals surface area contributed by atoms with Gasteiger partial charge in [0.05, 0.1) is 0 Å². The molecule has 0 atom stereocenters. The van der Waals surface area contributed by atoms with Crippen LogP contribution in [-0.2, 0) is 13.1 Å². The molecule has 0 spiro atoms. The molecule has 0 unspecified atom stereocenters. The maximum Gasteiger partial charge on any atom is 0.165 e. The molecule has 1 aliphatic heterocycles. The summed E-state index contributed by atoms with van der Waals surface area (Å²) in [5.74, 6) is 1.74. The molecule has 1 heterocycles. The number of aryl methyl sites for hydroxylation is 1. The minimum atomic E-state index is 0.627. The van der Waals surface area contributed by atoms with Gasteiger partial charge in [-0.2, -0.15) is 0 Å². The van der Waals surface area contributed by atoms with Gasteiger partial charge in [0.15, 0.2) is 11.5 Å². The monoisotopic (exact) mass is 269 g/mol. The van der Waals surface area contributed by atoms with Crippen molar-refractivity contribution in [1.82, 2.24) is 5.32 Å². The predicted molar refractivity (Wildman–Crippen MR) is 79.2 cm³/mol. The second-order valence-electron chi connectivity index (χ2n) is 4.97. The van der Waals surface area contributed by atoms with E-state index in [-0.39, 0.29) is 0 Å². The Kier molecular flexibility index (Phi) is 3.88. The third-order valence-corrected chi connectivity index (χ3v) is 3.54. The van der Waals surface area contributed by atoms with Gasteiger partial charge in [0.25, 0.3) is 0 Å². The highest BCUT2D eigenvalue weighted by atomic mass is 16.6. The number of fused-ring (bicyclic) bond motifs is 1. The summed E-state index contributed by atoms with van der Waals surface area (Å²) in [4.78, 5) is 0. The molecule has 0 fully saturated rings. The van der Waals surface area contributed by atoms with Crippen molar-refractivity contribution in [3.63, 3.8) is 0 Å². The highest BCUT2D eigenvalue weighted by Gasteiger charge is 2.14. The lowest BCUT2D eigenvalue weighted by Gasteiger charge is -2.21. The van der Waals surface area contributed by atoms with Crippen molar-refractivity contribution in [3.05, 3.63) is 59.2 Å². The van der Waals surface area contributed by atoms with Crippen molar-refractivity contribution < 1.29 is 9.47 Å². The Balaban J connectivity index is 1.66. The van der Waals surface area contributed by atoms with Gasteiger partial charge >= 0.3 is 0 Å². The standard InChI is InChI=1S/C17H19NO2/c1-13-5-2-3-6-14(13)11-18-12-15-7-4-8-16-17(15)20-10-9-19-16/h2-8,18H,9-12H2,1H3. The molecule has 0 bridgehead atoms. The third-order valence-electron chi connectivity index (χ3n) is 3.54. The predicted octanol–water partition coefficient (Wildman–Crippen LogP) is 3.06. The number of nitrogens with one attached hydrogen (secondary N) is 1. The molecule has 0 radical (unpaired) electrons. The average molecular weight is 269 g/mol. The summed E-state index contributed by atoms with van der Waals surface area (Å²) in [6, 6.07) is 14.5. The van der Waals surface area contributed by atoms with Crippen LogP contribution >= 0.6 is 0 Å². The van der Waals surface area contributed by atoms with Crippen LogP contribution in [-0.4, -0.2) is 13.2 Å². The molecule has 1 N–H and O–H groups in total. The molecule has 20 heavy (non-hydrogen) atoms. The van der Waals surface area contributed by atoms with E-state index in [1.807, 2.05) is 12.1 Å². The van der Waals surface area contributed by atoms with E-state index >= 15 is 0 Å². The van der Waals surface area contributed by atoms with Crippen LogP contribution in [0.25, 0.3) is 0 Å². The average Bonchev–Trinajstić information content (AvgIpc) is 2.49. The minimum absolute atomic E-state index is 0.627. The quantitative estimate of drug-likeness (QED) is 0.925. The van der Waals surface area contributed by atoms with Crippen LogP contribution in [0.4, 0.5) is 0 Å². The van der Waals surface area contributed by atoms with Crippen molar-refractivity contribution >= 4 is 0 Å². The van der Waals surface area contributed by atoms with Crippen molar-refractivity contribution in [2.24, 2.45) is 0 Å². The molecule has 3 nitrogen and oxygen atoms in total. The van der Waals surface area contributed by atoms with Gasteiger partial charge in [0, 0.05) is 18.7 Å². The van der Waals surface area contributed by atoms with Crippen LogP contribution in [0.5, 0.6) is 11.5 Å². The van der Waals surface area contributed by atoms with Crippen LogP contribution in [0, 0.1) is 6.92 Å². The Morgan fingerprint density at radius 3 is 2.55 bits per heavy atom. The number of ether oxygens (including phenoxy) is 2. The van der Waals surface area contributed by atoms with Gasteiger partial charge in [0.1, 0.15) is 13.2 Å². The van der Waals surface area contributed by atoms with Gasteiger partial charge in [-0.3, -0.25) is 0 Å². The van der Waals surface area contributed by atoms with Crippen LogP contribution in [0.15, 0.2) is 42.5 Å². The summed E-state index contributed by atoms with van der Waals surface area (Å²) in [7, 11) is 0. The zero-order chi connectivity index (χ0) is 13.8. The fourth-order valence-corrected chi connectivity index (χ4v) is 2.41. The largest absolute Gasteiger partial charge is 0.486 e. The summed E-state index contributed by atoms with van der Waals surface area (Å²) in [5, 5.41) is 3.47. The molecule has 0 saturated carbocycles. The Morgan fingerprint density at radius 2 is 1.65 bits per heavy atom. The van der Waals surface area contributed by atoms with Crippen LogP contribution in [0.1, 0.15) is 16.7 Å². The molecule has 0 amide bonds. The smallest absolute Gasteiger partial charge is 0.165 e. The van der Waals surface area contributed by atoms with E-state index in [9.17, 15) is 0 Å². The van der Waals surface area contributed by atoms with Gasteiger partial charge in [-0.05, 0) is 24.1 Å². The Morgan fingerprint density at radius 1 is 0.900 bits per heavy atom. The van der Waals surface area contributed by atoms with Crippen LogP contribution < -0.4 is 14.8 Å². The van der Waals surface area contributed by atoms with E-state index in [1.165, 1.54) is 11.1 Å². The van der Waals surface area contributed by atoms with Crippen LogP contribution in [0.2, 0.25) is 0 Å². The zero-order valence-electron chi connectivity index (χ0n) is 11.7. The number of para-hydroxylation sites is 1. The second-order valence-corrected chi connectivity index (χ2v) is 4.97. The van der Waals surface area contributed by atoms with E-state index in [1.54, 1.807) is 0 Å². The van der Waals surface area contributed by atoms with E-state index in [0.717, 1.165) is 30.2 Å². The highest BCUT2D eigenvalue weighted by Crippen LogP contribution is 2.33. The lowest BCUT2D eigenvalue weighted by Crippen LogP contribution is -2.19. The van der Waals surface area contributed by atoms with Crippen LogP contribution in [0.3, 0.4) is 0 Å². The summed E-state index contributed by atoms with van der Waals surface area (Å²) in [6.07, 6.45) is 0. The molecule has 2 aromatic carbocycles. The molecule has 0 aliphatic carbocycles. The van der Waals surface area contributed by atoms with Gasteiger partial charge in [-0.15, -0.1) is 0 Å². The van der Waals surface area contributed by atoms with Crippen molar-refractivity contribution in [1.29, 1.82) is 0 Å². The summed E-state index contributed by atoms with van der Waals surface area (Å²) >= 11 is 0. The van der Waals surface area contributed by atoms with Gasteiger partial charge in [-0.1, -0.05) is 36.4 Å². The highest BCUT2D eigenvalue weighted by molar-refractivity contribution is 5.47. The maximum absolute atomic E-state index is 5.72. The van der Waals surface area contributed by atoms with Gasteiger partial charge in [0.2, 0.25) is 0 Å². The molecular weight excluding hydrogens is 250 g/mol. The first-order valence-electron chi connectivity index (χ1n) is 6.97. The normalized spacial score (nSPS) is 13.2. The van der Waals surface area contributed by atoms with Gasteiger partial charge in [-0.25, -0.2) is 0 Å². The number of rotatable bonds is 4. The topological polar surface area (TPSA) is 30.5 Å². The molecular formula is C17H19NO2. The molecule has 3 heteroatoms. The van der Waals surface area contributed by atoms with Gasteiger partial charge < -0.3 is 14.8 Å². The summed E-state index contributed by atoms with van der Waals surface area (Å²) < 4.78 is 11.3. The van der Waals surface area contributed by atoms with Crippen molar-refractivity contribution in [2.75, 3.05) is 13.2 Å². The Labute approximate surface area is 119 Å². The number of benzene rings is 2. The number of hydrogen-bond acceptors (Lipinski definition) is 3. The molecule has 0 saturated heterocycles. The van der Waals surface area contributed by atoms with Crippen molar-refractivity contribution in [3.8, 4) is 11.5 Å². The fraction of sp³-hybridized carbons (Fsp3) is 0.294. The first-order valence-corrected chi connectivity index (χ1v) is 6.97. The fourth-order valence-electron chi connectivity index (χ4n) is 2.41. The number of hydrogen-bond donors (Lipinski definition) is 1. The molecule has 3 rings (SSSR count). The minimum Gasteiger partial charge on any atom is -0.486 e. The Hall–Kier alpha value is -2.00. The van der Waals surface area contributed by atoms with E-state index < -0.39 is 0 Å². The summed E-state index contributed by atoms with van der Waals surface area (Å²) in [6.45, 7) is 5.03. The van der Waals surface area contributed by atoms with E-state index in [4.69, 9.17) is 9.47 Å². The zero-order valence-corrected chi connectivity index (χ0v) is 11.7. The third kappa shape index (κ3) is 2.78. The lowest BCUT2D eigenvalue weighted by atomic mass is 10.1. The molecule has 104 valence electrons. The molecule has 0 aromatic heterocycles. The van der Waals surface area contributed by atoms with Crippen molar-refractivity contribution in [2.45, 2.75) is 20.0 Å². The SMILES string of the molecule is Cc1ccccc1CNCc1cccc2c1OCCO2. The summed E-state index contributed by atoms with van der Waals surface area (Å²) in [5.41, 5.74) is 3.79. The second kappa shape index (κ2) is 5.97. The molecule has 2 aromatic rings. The lowest BCUT2D eigenvalue weighted by molar-refractivity contribution is 0.169. The molecule has 1 aliphatic rings.